The maximum absolute atomic E-state index is 14.0. The van der Waals surface area contributed by atoms with Crippen molar-refractivity contribution in [3.63, 3.8) is 0 Å². The van der Waals surface area contributed by atoms with E-state index in [4.69, 9.17) is 22.1 Å². The molecule has 0 aliphatic carbocycles. The molecular formula is C19H22Cl2FN3O3. The third-order valence-electron chi connectivity index (χ3n) is 4.09. The molecule has 28 heavy (non-hydrogen) atoms. The lowest BCUT2D eigenvalue weighted by Crippen LogP contribution is -2.34. The van der Waals surface area contributed by atoms with Crippen molar-refractivity contribution >= 4 is 47.2 Å². The molecule has 0 aromatic heterocycles. The molecule has 0 radical (unpaired) electrons. The average Bonchev–Trinajstić information content (AvgIpc) is 2.61. The van der Waals surface area contributed by atoms with Crippen LogP contribution in [0.4, 0.5) is 15.8 Å². The molecule has 2 rings (SSSR count). The topological polar surface area (TPSA) is 93.4 Å². The van der Waals surface area contributed by atoms with Crippen molar-refractivity contribution in [2.24, 2.45) is 11.7 Å². The van der Waals surface area contributed by atoms with E-state index in [2.05, 4.69) is 10.6 Å². The van der Waals surface area contributed by atoms with Gasteiger partial charge in [0.15, 0.2) is 0 Å². The van der Waals surface area contributed by atoms with Crippen molar-refractivity contribution < 1.29 is 18.7 Å². The number of carbonyl (C=O) groups excluding carboxylic acids is 2. The Morgan fingerprint density at radius 2 is 1.82 bits per heavy atom. The number of amides is 2. The monoisotopic (exact) mass is 429 g/mol. The zero-order chi connectivity index (χ0) is 20.1. The molecule has 2 aromatic carbocycles. The number of carbonyl (C=O) groups is 2. The summed E-state index contributed by atoms with van der Waals surface area (Å²) in [6.07, 6.45) is 0. The molecule has 0 fully saturated rings. The summed E-state index contributed by atoms with van der Waals surface area (Å²) < 4.78 is 19.2. The van der Waals surface area contributed by atoms with Crippen molar-refractivity contribution in [3.05, 3.63) is 52.8 Å². The molecule has 6 nitrogen and oxygen atoms in total. The minimum atomic E-state index is -0.741. The summed E-state index contributed by atoms with van der Waals surface area (Å²) >= 11 is 5.71. The second kappa shape index (κ2) is 10.3. The molecule has 0 saturated heterocycles. The number of benzene rings is 2. The minimum absolute atomic E-state index is 0. The molecule has 0 spiro atoms. The number of hydrogen-bond donors (Lipinski definition) is 3. The van der Waals surface area contributed by atoms with Gasteiger partial charge in [0.2, 0.25) is 5.91 Å². The van der Waals surface area contributed by atoms with Gasteiger partial charge in [-0.3, -0.25) is 9.59 Å². The highest BCUT2D eigenvalue weighted by atomic mass is 35.5. The van der Waals surface area contributed by atoms with E-state index in [1.807, 2.05) is 0 Å². The minimum Gasteiger partial charge on any atom is -0.495 e. The van der Waals surface area contributed by atoms with Crippen molar-refractivity contribution in [3.8, 4) is 5.75 Å². The largest absolute Gasteiger partial charge is 0.495 e. The molecule has 0 bridgehead atoms. The Hall–Kier alpha value is -2.35. The SMILES string of the molecule is COc1ccc(NC(=O)C(C)C(C)N)cc1NC(=O)c1ccc(Cl)cc1F.Cl. The van der Waals surface area contributed by atoms with Gasteiger partial charge >= 0.3 is 0 Å². The Morgan fingerprint density at radius 3 is 2.39 bits per heavy atom. The number of hydrogen-bond acceptors (Lipinski definition) is 4. The molecule has 2 aromatic rings. The summed E-state index contributed by atoms with van der Waals surface area (Å²) in [6, 6.07) is 8.19. The van der Waals surface area contributed by atoms with E-state index in [1.165, 1.54) is 25.3 Å². The Bertz CT molecular complexity index is 862. The van der Waals surface area contributed by atoms with Crippen molar-refractivity contribution in [1.29, 1.82) is 0 Å². The molecule has 2 amide bonds. The fourth-order valence-corrected chi connectivity index (χ4v) is 2.40. The quantitative estimate of drug-likeness (QED) is 0.644. The zero-order valence-corrected chi connectivity index (χ0v) is 17.2. The summed E-state index contributed by atoms with van der Waals surface area (Å²) in [5, 5.41) is 5.50. The Morgan fingerprint density at radius 1 is 1.14 bits per heavy atom. The van der Waals surface area contributed by atoms with Gasteiger partial charge in [0.1, 0.15) is 11.6 Å². The highest BCUT2D eigenvalue weighted by Crippen LogP contribution is 2.29. The van der Waals surface area contributed by atoms with E-state index in [0.717, 1.165) is 6.07 Å². The Balaban J connectivity index is 0.00000392. The first-order valence-corrected chi connectivity index (χ1v) is 8.61. The number of nitrogens with one attached hydrogen (secondary N) is 2. The van der Waals surface area contributed by atoms with E-state index in [1.54, 1.807) is 26.0 Å². The van der Waals surface area contributed by atoms with Crippen LogP contribution in [0.1, 0.15) is 24.2 Å². The molecular weight excluding hydrogens is 408 g/mol. The van der Waals surface area contributed by atoms with Crippen LogP contribution in [0, 0.1) is 11.7 Å². The standard InChI is InChI=1S/C19H21ClFN3O3.ClH/c1-10(11(2)22)18(25)23-13-5-7-17(27-3)16(9-13)24-19(26)14-6-4-12(20)8-15(14)21;/h4-11H,22H2,1-3H3,(H,23,25)(H,24,26);1H. The molecule has 0 saturated carbocycles. The lowest BCUT2D eigenvalue weighted by Gasteiger charge is -2.17. The van der Waals surface area contributed by atoms with Crippen LogP contribution in [0.25, 0.3) is 0 Å². The summed E-state index contributed by atoms with van der Waals surface area (Å²) in [5.74, 6) is -1.70. The van der Waals surface area contributed by atoms with Crippen LogP contribution >= 0.6 is 24.0 Å². The molecule has 0 aliphatic heterocycles. The number of anilines is 2. The predicted molar refractivity (Wildman–Crippen MR) is 111 cm³/mol. The van der Waals surface area contributed by atoms with Gasteiger partial charge in [-0.2, -0.15) is 0 Å². The molecule has 0 heterocycles. The van der Waals surface area contributed by atoms with Crippen LogP contribution in [-0.2, 0) is 4.79 Å². The first-order chi connectivity index (χ1) is 12.7. The molecule has 2 atom stereocenters. The molecule has 152 valence electrons. The number of ether oxygens (including phenoxy) is 1. The summed E-state index contributed by atoms with van der Waals surface area (Å²) in [4.78, 5) is 24.6. The van der Waals surface area contributed by atoms with Gasteiger partial charge in [-0.15, -0.1) is 12.4 Å². The summed E-state index contributed by atoms with van der Waals surface area (Å²) in [6.45, 7) is 3.46. The number of rotatable bonds is 6. The van der Waals surface area contributed by atoms with Crippen LogP contribution < -0.4 is 21.1 Å². The van der Waals surface area contributed by atoms with Crippen LogP contribution in [0.15, 0.2) is 36.4 Å². The van der Waals surface area contributed by atoms with Gasteiger partial charge in [0.25, 0.3) is 5.91 Å². The second-order valence-corrected chi connectivity index (χ2v) is 6.57. The Labute approximate surface area is 174 Å². The van der Waals surface area contributed by atoms with E-state index in [0.29, 0.717) is 11.4 Å². The predicted octanol–water partition coefficient (Wildman–Crippen LogP) is 4.08. The van der Waals surface area contributed by atoms with Gasteiger partial charge in [-0.05, 0) is 43.3 Å². The van der Waals surface area contributed by atoms with E-state index < -0.39 is 17.6 Å². The number of nitrogens with two attached hydrogens (primary N) is 1. The second-order valence-electron chi connectivity index (χ2n) is 6.13. The smallest absolute Gasteiger partial charge is 0.258 e. The average molecular weight is 430 g/mol. The third-order valence-corrected chi connectivity index (χ3v) is 4.33. The van der Waals surface area contributed by atoms with Crippen LogP contribution in [0.5, 0.6) is 5.75 Å². The van der Waals surface area contributed by atoms with Crippen LogP contribution in [-0.4, -0.2) is 25.0 Å². The fourth-order valence-electron chi connectivity index (χ4n) is 2.24. The molecule has 9 heteroatoms. The third kappa shape index (κ3) is 5.82. The van der Waals surface area contributed by atoms with Crippen LogP contribution in [0.2, 0.25) is 5.02 Å². The van der Waals surface area contributed by atoms with Crippen molar-refractivity contribution in [2.45, 2.75) is 19.9 Å². The highest BCUT2D eigenvalue weighted by Gasteiger charge is 2.19. The lowest BCUT2D eigenvalue weighted by atomic mass is 10.0. The van der Waals surface area contributed by atoms with Crippen LogP contribution in [0.3, 0.4) is 0 Å². The van der Waals surface area contributed by atoms with Gasteiger partial charge in [0, 0.05) is 16.8 Å². The van der Waals surface area contributed by atoms with Gasteiger partial charge in [-0.1, -0.05) is 18.5 Å². The van der Waals surface area contributed by atoms with E-state index in [-0.39, 0.29) is 40.6 Å². The first kappa shape index (κ1) is 23.7. The van der Waals surface area contributed by atoms with Gasteiger partial charge in [-0.25, -0.2) is 4.39 Å². The first-order valence-electron chi connectivity index (χ1n) is 8.23. The normalized spacial score (nSPS) is 12.4. The number of methoxy groups -OCH3 is 1. The van der Waals surface area contributed by atoms with Gasteiger partial charge in [0.05, 0.1) is 24.3 Å². The molecule has 0 aliphatic rings. The maximum atomic E-state index is 14.0. The molecule has 4 N–H and O–H groups in total. The maximum Gasteiger partial charge on any atom is 0.258 e. The fraction of sp³-hybridized carbons (Fsp3) is 0.263. The molecule has 2 unspecified atom stereocenters. The Kier molecular flexibility index (Phi) is 8.68. The van der Waals surface area contributed by atoms with Crippen molar-refractivity contribution in [2.75, 3.05) is 17.7 Å². The van der Waals surface area contributed by atoms with E-state index >= 15 is 0 Å². The van der Waals surface area contributed by atoms with E-state index in [9.17, 15) is 14.0 Å². The summed E-state index contributed by atoms with van der Waals surface area (Å²) in [7, 11) is 1.43. The van der Waals surface area contributed by atoms with Gasteiger partial charge < -0.3 is 21.1 Å². The number of halogens is 3. The van der Waals surface area contributed by atoms with Crippen molar-refractivity contribution in [1.82, 2.24) is 0 Å². The lowest BCUT2D eigenvalue weighted by molar-refractivity contribution is -0.119. The highest BCUT2D eigenvalue weighted by molar-refractivity contribution is 6.30. The zero-order valence-electron chi connectivity index (χ0n) is 15.6. The summed E-state index contributed by atoms with van der Waals surface area (Å²) in [5.41, 5.74) is 6.30.